The fraction of sp³-hybridized carbons (Fsp3) is 0.833. The van der Waals surface area contributed by atoms with Crippen molar-refractivity contribution in [1.82, 2.24) is 10.6 Å². The lowest BCUT2D eigenvalue weighted by atomic mass is 9.91. The fourth-order valence-electron chi connectivity index (χ4n) is 2.07. The normalized spacial score (nSPS) is 28.3. The molecule has 7 heteroatoms. The number of rotatable bonds is 6. The standard InChI is InChI=1S/C12H22N2O5/c1-7(3-4-15)9-11(18)13-8(10(17)14-9)5-12(2,19)6-16/h7-9,15-16,19H,3-6H2,1-2H3,(H,13,18)(H,14,17)/t7-,8-,9-,12+/m0/s1. The summed E-state index contributed by atoms with van der Waals surface area (Å²) in [6, 6.07) is -1.53. The summed E-state index contributed by atoms with van der Waals surface area (Å²) >= 11 is 0. The molecule has 1 saturated heterocycles. The van der Waals surface area contributed by atoms with Gasteiger partial charge in [-0.15, -0.1) is 0 Å². The molecule has 0 aromatic heterocycles. The van der Waals surface area contributed by atoms with Crippen molar-refractivity contribution >= 4 is 11.8 Å². The average molecular weight is 274 g/mol. The van der Waals surface area contributed by atoms with Crippen molar-refractivity contribution in [3.8, 4) is 0 Å². The van der Waals surface area contributed by atoms with Gasteiger partial charge in [-0.25, -0.2) is 0 Å². The monoisotopic (exact) mass is 274 g/mol. The van der Waals surface area contributed by atoms with E-state index in [4.69, 9.17) is 10.2 Å². The van der Waals surface area contributed by atoms with Crippen LogP contribution in [0.2, 0.25) is 0 Å². The van der Waals surface area contributed by atoms with Crippen LogP contribution in [0.5, 0.6) is 0 Å². The molecule has 5 N–H and O–H groups in total. The van der Waals surface area contributed by atoms with Crippen LogP contribution in [0.15, 0.2) is 0 Å². The summed E-state index contributed by atoms with van der Waals surface area (Å²) in [4.78, 5) is 23.8. The molecule has 0 radical (unpaired) electrons. The summed E-state index contributed by atoms with van der Waals surface area (Å²) in [5.74, 6) is -0.893. The van der Waals surface area contributed by atoms with Gasteiger partial charge in [0.05, 0.1) is 12.2 Å². The molecule has 1 heterocycles. The molecule has 0 spiro atoms. The largest absolute Gasteiger partial charge is 0.396 e. The molecule has 0 bridgehead atoms. The van der Waals surface area contributed by atoms with Gasteiger partial charge in [-0.3, -0.25) is 9.59 Å². The van der Waals surface area contributed by atoms with Crippen molar-refractivity contribution in [3.63, 3.8) is 0 Å². The Labute approximate surface area is 112 Å². The molecule has 1 rings (SSSR count). The predicted octanol–water partition coefficient (Wildman–Crippen LogP) is -1.88. The number of amides is 2. The molecule has 4 atom stereocenters. The molecule has 0 aromatic rings. The first-order valence-electron chi connectivity index (χ1n) is 6.35. The van der Waals surface area contributed by atoms with Crippen LogP contribution >= 0.6 is 0 Å². The molecule has 110 valence electrons. The van der Waals surface area contributed by atoms with Gasteiger partial charge in [0, 0.05) is 13.0 Å². The summed E-state index contributed by atoms with van der Waals surface area (Å²) in [6.45, 7) is 2.62. The first kappa shape index (κ1) is 15.9. The summed E-state index contributed by atoms with van der Waals surface area (Å²) in [6.07, 6.45) is 0.361. The number of hydrogen-bond donors (Lipinski definition) is 5. The third-order valence-corrected chi connectivity index (χ3v) is 3.35. The number of carbonyl (C=O) groups is 2. The van der Waals surface area contributed by atoms with Gasteiger partial charge in [-0.1, -0.05) is 6.92 Å². The van der Waals surface area contributed by atoms with E-state index in [9.17, 15) is 14.7 Å². The Bertz CT molecular complexity index is 345. The zero-order chi connectivity index (χ0) is 14.6. The van der Waals surface area contributed by atoms with Crippen LogP contribution in [0, 0.1) is 5.92 Å². The highest BCUT2D eigenvalue weighted by molar-refractivity contribution is 5.97. The molecular formula is C12H22N2O5. The van der Waals surface area contributed by atoms with Gasteiger partial charge in [0.15, 0.2) is 0 Å². The van der Waals surface area contributed by atoms with Gasteiger partial charge in [0.2, 0.25) is 11.8 Å². The van der Waals surface area contributed by atoms with E-state index in [0.29, 0.717) is 6.42 Å². The molecule has 19 heavy (non-hydrogen) atoms. The van der Waals surface area contributed by atoms with Crippen LogP contribution < -0.4 is 10.6 Å². The van der Waals surface area contributed by atoms with Crippen molar-refractivity contribution < 1.29 is 24.9 Å². The Hall–Kier alpha value is -1.18. The van der Waals surface area contributed by atoms with E-state index in [0.717, 1.165) is 0 Å². The number of piperazine rings is 1. The zero-order valence-corrected chi connectivity index (χ0v) is 11.2. The Morgan fingerprint density at radius 1 is 1.26 bits per heavy atom. The van der Waals surface area contributed by atoms with Gasteiger partial charge in [0.25, 0.3) is 0 Å². The van der Waals surface area contributed by atoms with Crippen molar-refractivity contribution in [3.05, 3.63) is 0 Å². The molecule has 2 amide bonds. The molecule has 0 aromatic carbocycles. The third kappa shape index (κ3) is 4.15. The first-order chi connectivity index (χ1) is 8.80. The molecular weight excluding hydrogens is 252 g/mol. The molecule has 1 aliphatic heterocycles. The van der Waals surface area contributed by atoms with Crippen molar-refractivity contribution in [2.24, 2.45) is 5.92 Å². The predicted molar refractivity (Wildman–Crippen MR) is 67.1 cm³/mol. The summed E-state index contributed by atoms with van der Waals surface area (Å²) in [5, 5.41) is 32.7. The first-order valence-corrected chi connectivity index (χ1v) is 6.35. The SMILES string of the molecule is C[C@@H](CCO)[C@@H]1NC(=O)[C@H](C[C@@](C)(O)CO)NC1=O. The number of aliphatic hydroxyl groups excluding tert-OH is 2. The maximum absolute atomic E-state index is 11.9. The summed E-state index contributed by atoms with van der Waals surface area (Å²) in [7, 11) is 0. The van der Waals surface area contributed by atoms with Gasteiger partial charge >= 0.3 is 0 Å². The van der Waals surface area contributed by atoms with E-state index < -0.39 is 24.3 Å². The van der Waals surface area contributed by atoms with Crippen LogP contribution in [0.4, 0.5) is 0 Å². The maximum Gasteiger partial charge on any atom is 0.243 e. The zero-order valence-electron chi connectivity index (χ0n) is 11.2. The summed E-state index contributed by atoms with van der Waals surface area (Å²) < 4.78 is 0. The lowest BCUT2D eigenvalue weighted by molar-refractivity contribution is -0.140. The second kappa shape index (κ2) is 6.31. The molecule has 0 unspecified atom stereocenters. The van der Waals surface area contributed by atoms with Crippen molar-refractivity contribution in [1.29, 1.82) is 0 Å². The fourth-order valence-corrected chi connectivity index (χ4v) is 2.07. The van der Waals surface area contributed by atoms with Crippen LogP contribution in [0.3, 0.4) is 0 Å². The summed E-state index contributed by atoms with van der Waals surface area (Å²) in [5.41, 5.74) is -1.42. The van der Waals surface area contributed by atoms with Crippen molar-refractivity contribution in [2.45, 2.75) is 44.4 Å². The highest BCUT2D eigenvalue weighted by Crippen LogP contribution is 2.17. The minimum Gasteiger partial charge on any atom is -0.396 e. The van der Waals surface area contributed by atoms with Gasteiger partial charge in [-0.2, -0.15) is 0 Å². The average Bonchev–Trinajstić information content (AvgIpc) is 2.33. The van der Waals surface area contributed by atoms with E-state index in [1.165, 1.54) is 6.92 Å². The molecule has 0 saturated carbocycles. The number of nitrogens with one attached hydrogen (secondary N) is 2. The Balaban J connectivity index is 2.66. The van der Waals surface area contributed by atoms with E-state index in [1.54, 1.807) is 6.92 Å². The minimum absolute atomic E-state index is 0.0521. The molecule has 7 nitrogen and oxygen atoms in total. The Morgan fingerprint density at radius 2 is 1.89 bits per heavy atom. The lowest BCUT2D eigenvalue weighted by Gasteiger charge is -2.35. The van der Waals surface area contributed by atoms with Crippen LogP contribution in [-0.2, 0) is 9.59 Å². The molecule has 1 fully saturated rings. The van der Waals surface area contributed by atoms with Gasteiger partial charge < -0.3 is 26.0 Å². The van der Waals surface area contributed by atoms with Gasteiger partial charge in [0.1, 0.15) is 12.1 Å². The third-order valence-electron chi connectivity index (χ3n) is 3.35. The minimum atomic E-state index is -1.42. The number of aliphatic hydroxyl groups is 3. The van der Waals surface area contributed by atoms with E-state index >= 15 is 0 Å². The van der Waals surface area contributed by atoms with Crippen molar-refractivity contribution in [2.75, 3.05) is 13.2 Å². The number of carbonyl (C=O) groups excluding carboxylic acids is 2. The second-order valence-electron chi connectivity index (χ2n) is 5.40. The molecule has 1 aliphatic rings. The highest BCUT2D eigenvalue weighted by atomic mass is 16.3. The molecule has 0 aliphatic carbocycles. The Kier molecular flexibility index (Phi) is 5.28. The highest BCUT2D eigenvalue weighted by Gasteiger charge is 2.39. The number of hydrogen-bond acceptors (Lipinski definition) is 5. The van der Waals surface area contributed by atoms with E-state index in [2.05, 4.69) is 10.6 Å². The quantitative estimate of drug-likeness (QED) is 0.388. The van der Waals surface area contributed by atoms with E-state index in [1.807, 2.05) is 0 Å². The topological polar surface area (TPSA) is 119 Å². The van der Waals surface area contributed by atoms with Crippen LogP contribution in [0.25, 0.3) is 0 Å². The van der Waals surface area contributed by atoms with Gasteiger partial charge in [-0.05, 0) is 19.3 Å². The van der Waals surface area contributed by atoms with E-state index in [-0.39, 0.29) is 30.8 Å². The maximum atomic E-state index is 11.9. The second-order valence-corrected chi connectivity index (χ2v) is 5.40. The van der Waals surface area contributed by atoms with Crippen LogP contribution in [0.1, 0.15) is 26.7 Å². The lowest BCUT2D eigenvalue weighted by Crippen LogP contribution is -2.64. The Morgan fingerprint density at radius 3 is 2.42 bits per heavy atom. The van der Waals surface area contributed by atoms with Crippen LogP contribution in [-0.4, -0.2) is 58.0 Å². The smallest absolute Gasteiger partial charge is 0.243 e.